The molecule has 14 heteroatoms. The lowest BCUT2D eigenvalue weighted by molar-refractivity contribution is -0.137. The summed E-state index contributed by atoms with van der Waals surface area (Å²) in [5.74, 6) is -3.65. The first-order chi connectivity index (χ1) is 13.2. The largest absolute Gasteiger partial charge is 0.418 e. The van der Waals surface area contributed by atoms with Gasteiger partial charge in [0.15, 0.2) is 0 Å². The number of halogens is 4. The lowest BCUT2D eigenvalue weighted by Gasteiger charge is -2.15. The van der Waals surface area contributed by atoms with Crippen LogP contribution in [0.2, 0.25) is 0 Å². The molecule has 1 amide bonds. The third-order valence-electron chi connectivity index (χ3n) is 3.31. The second-order valence-electron chi connectivity index (χ2n) is 5.60. The van der Waals surface area contributed by atoms with Gasteiger partial charge in [-0.05, 0) is 42.5 Å². The maximum Gasteiger partial charge on any atom is 0.418 e. The van der Waals surface area contributed by atoms with E-state index in [9.17, 15) is 39.2 Å². The number of hydrogen-bond donors (Lipinski definition) is 3. The average molecular weight is 456 g/mol. The minimum absolute atomic E-state index is 0.0321. The SMILES string of the molecule is O=C(CS(=O)(=O)Nc1ccc(F)cc1C(F)(F)F)Nc1ccc(S(=O)(=O)O)cc1. The first-order valence-electron chi connectivity index (χ1n) is 7.42. The Morgan fingerprint density at radius 1 is 1.00 bits per heavy atom. The summed E-state index contributed by atoms with van der Waals surface area (Å²) in [5.41, 5.74) is -2.55. The average Bonchev–Trinajstić information content (AvgIpc) is 2.54. The summed E-state index contributed by atoms with van der Waals surface area (Å²) in [6.45, 7) is 0. The van der Waals surface area contributed by atoms with Crippen LogP contribution in [0.1, 0.15) is 5.56 Å². The number of alkyl halides is 3. The summed E-state index contributed by atoms with van der Waals surface area (Å²) in [4.78, 5) is 11.4. The van der Waals surface area contributed by atoms with E-state index in [1.54, 1.807) is 4.72 Å². The van der Waals surface area contributed by atoms with Crippen molar-refractivity contribution in [1.29, 1.82) is 0 Å². The van der Waals surface area contributed by atoms with Gasteiger partial charge in [-0.2, -0.15) is 21.6 Å². The first-order valence-corrected chi connectivity index (χ1v) is 10.5. The van der Waals surface area contributed by atoms with Gasteiger partial charge in [-0.25, -0.2) is 12.8 Å². The summed E-state index contributed by atoms with van der Waals surface area (Å²) >= 11 is 0. The van der Waals surface area contributed by atoms with Crippen molar-refractivity contribution in [3.63, 3.8) is 0 Å². The molecule has 0 atom stereocenters. The topological polar surface area (TPSA) is 130 Å². The van der Waals surface area contributed by atoms with Crippen molar-refractivity contribution >= 4 is 37.4 Å². The van der Waals surface area contributed by atoms with Crippen molar-refractivity contribution in [2.24, 2.45) is 0 Å². The zero-order valence-corrected chi connectivity index (χ0v) is 15.7. The highest BCUT2D eigenvalue weighted by Crippen LogP contribution is 2.35. The van der Waals surface area contributed by atoms with Gasteiger partial charge in [-0.15, -0.1) is 0 Å². The maximum absolute atomic E-state index is 13.1. The zero-order valence-electron chi connectivity index (χ0n) is 14.1. The van der Waals surface area contributed by atoms with E-state index >= 15 is 0 Å². The Hall–Kier alpha value is -2.71. The molecule has 0 bridgehead atoms. The van der Waals surface area contributed by atoms with E-state index < -0.39 is 59.9 Å². The Labute approximate surface area is 162 Å². The molecule has 0 heterocycles. The minimum atomic E-state index is -5.04. The number of sulfonamides is 1. The molecule has 0 aliphatic heterocycles. The molecule has 2 aromatic rings. The zero-order chi connectivity index (χ0) is 22.0. The van der Waals surface area contributed by atoms with Gasteiger partial charge < -0.3 is 5.32 Å². The molecule has 3 N–H and O–H groups in total. The van der Waals surface area contributed by atoms with Crippen molar-refractivity contribution in [3.8, 4) is 0 Å². The predicted molar refractivity (Wildman–Crippen MR) is 93.7 cm³/mol. The molecule has 0 aromatic heterocycles. The molecule has 0 radical (unpaired) electrons. The summed E-state index contributed by atoms with van der Waals surface area (Å²) in [6.07, 6.45) is -5.04. The second kappa shape index (κ2) is 7.96. The van der Waals surface area contributed by atoms with Gasteiger partial charge in [0, 0.05) is 5.69 Å². The molecule has 2 rings (SSSR count). The van der Waals surface area contributed by atoms with Crippen LogP contribution < -0.4 is 10.0 Å². The monoisotopic (exact) mass is 456 g/mol. The van der Waals surface area contributed by atoms with Gasteiger partial charge in [0.1, 0.15) is 11.6 Å². The van der Waals surface area contributed by atoms with Crippen molar-refractivity contribution in [3.05, 3.63) is 53.8 Å². The van der Waals surface area contributed by atoms with Gasteiger partial charge in [-0.1, -0.05) is 0 Å². The summed E-state index contributed by atoms with van der Waals surface area (Å²) in [6, 6.07) is 5.28. The third kappa shape index (κ3) is 6.40. The number of carbonyl (C=O) groups excluding carboxylic acids is 1. The van der Waals surface area contributed by atoms with Crippen LogP contribution in [0.3, 0.4) is 0 Å². The van der Waals surface area contributed by atoms with Crippen LogP contribution in [-0.4, -0.2) is 33.0 Å². The number of hydrogen-bond acceptors (Lipinski definition) is 5. The lowest BCUT2D eigenvalue weighted by Crippen LogP contribution is -2.28. The maximum atomic E-state index is 13.1. The quantitative estimate of drug-likeness (QED) is 0.452. The summed E-state index contributed by atoms with van der Waals surface area (Å²) in [7, 11) is -9.07. The molecule has 158 valence electrons. The van der Waals surface area contributed by atoms with E-state index in [4.69, 9.17) is 4.55 Å². The number of amides is 1. The Morgan fingerprint density at radius 3 is 2.10 bits per heavy atom. The molecule has 29 heavy (non-hydrogen) atoms. The van der Waals surface area contributed by atoms with Gasteiger partial charge in [0.05, 0.1) is 16.1 Å². The van der Waals surface area contributed by atoms with E-state index in [0.29, 0.717) is 12.1 Å². The molecular weight excluding hydrogens is 444 g/mol. The highest BCUT2D eigenvalue weighted by Gasteiger charge is 2.35. The van der Waals surface area contributed by atoms with Crippen LogP contribution in [0, 0.1) is 5.82 Å². The second-order valence-corrected chi connectivity index (χ2v) is 8.74. The molecule has 0 aliphatic carbocycles. The van der Waals surface area contributed by atoms with Crippen LogP contribution in [0.25, 0.3) is 0 Å². The number of carbonyl (C=O) groups is 1. The molecule has 0 aliphatic rings. The first kappa shape index (κ1) is 22.6. The summed E-state index contributed by atoms with van der Waals surface area (Å²) < 4.78 is 108. The van der Waals surface area contributed by atoms with Gasteiger partial charge in [-0.3, -0.25) is 14.1 Å². The van der Waals surface area contributed by atoms with Crippen LogP contribution in [0.4, 0.5) is 28.9 Å². The van der Waals surface area contributed by atoms with Crippen molar-refractivity contribution < 1.29 is 43.7 Å². The molecule has 0 spiro atoms. The fraction of sp³-hybridized carbons (Fsp3) is 0.133. The molecule has 0 saturated carbocycles. The van der Waals surface area contributed by atoms with Gasteiger partial charge in [0.25, 0.3) is 10.1 Å². The van der Waals surface area contributed by atoms with Crippen LogP contribution in [-0.2, 0) is 31.1 Å². The lowest BCUT2D eigenvalue weighted by atomic mass is 10.2. The van der Waals surface area contributed by atoms with Gasteiger partial charge >= 0.3 is 6.18 Å². The Kier molecular flexibility index (Phi) is 6.20. The standard InChI is InChI=1S/C15H12F4N2O6S2/c16-9-1-6-13(12(7-9)15(17,18)19)21-28(23,24)8-14(22)20-10-2-4-11(5-3-10)29(25,26)27/h1-7,21H,8H2,(H,20,22)(H,25,26,27). The van der Waals surface area contributed by atoms with E-state index in [0.717, 1.165) is 24.3 Å². The number of anilines is 2. The van der Waals surface area contributed by atoms with Crippen LogP contribution in [0.15, 0.2) is 47.4 Å². The highest BCUT2D eigenvalue weighted by atomic mass is 32.2. The normalized spacial score (nSPS) is 12.4. The smallest absolute Gasteiger partial charge is 0.325 e. The van der Waals surface area contributed by atoms with E-state index in [-0.39, 0.29) is 11.8 Å². The van der Waals surface area contributed by atoms with Gasteiger partial charge in [0.2, 0.25) is 15.9 Å². The van der Waals surface area contributed by atoms with Crippen molar-refractivity contribution in [2.75, 3.05) is 15.8 Å². The molecule has 0 saturated heterocycles. The molecule has 8 nitrogen and oxygen atoms in total. The predicted octanol–water partition coefficient (Wildman–Crippen LogP) is 2.47. The van der Waals surface area contributed by atoms with Crippen LogP contribution >= 0.6 is 0 Å². The fourth-order valence-electron chi connectivity index (χ4n) is 2.12. The van der Waals surface area contributed by atoms with E-state index in [1.807, 2.05) is 0 Å². The molecule has 0 fully saturated rings. The fourth-order valence-corrected chi connectivity index (χ4v) is 3.61. The van der Waals surface area contributed by atoms with Crippen molar-refractivity contribution in [2.45, 2.75) is 11.1 Å². The highest BCUT2D eigenvalue weighted by molar-refractivity contribution is 7.93. The number of nitrogens with one attached hydrogen (secondary N) is 2. The Balaban J connectivity index is 2.13. The molecule has 2 aromatic carbocycles. The Bertz CT molecular complexity index is 1130. The number of rotatable bonds is 6. The third-order valence-corrected chi connectivity index (χ3v) is 5.35. The molecular formula is C15H12F4N2O6S2. The van der Waals surface area contributed by atoms with E-state index in [2.05, 4.69) is 5.32 Å². The van der Waals surface area contributed by atoms with Crippen LogP contribution in [0.5, 0.6) is 0 Å². The molecule has 0 unspecified atom stereocenters. The Morgan fingerprint density at radius 2 is 1.59 bits per heavy atom. The number of benzene rings is 2. The minimum Gasteiger partial charge on any atom is -0.325 e. The summed E-state index contributed by atoms with van der Waals surface area (Å²) in [5, 5.41) is 2.10. The van der Waals surface area contributed by atoms with E-state index in [1.165, 1.54) is 0 Å². The van der Waals surface area contributed by atoms with Crippen molar-refractivity contribution in [1.82, 2.24) is 0 Å².